The Bertz CT molecular complexity index is 1280. The number of terminal acetylenes is 1. The van der Waals surface area contributed by atoms with E-state index in [0.29, 0.717) is 25.2 Å². The second kappa shape index (κ2) is 9.48. The van der Waals surface area contributed by atoms with E-state index in [9.17, 15) is 4.79 Å². The fourth-order valence-electron chi connectivity index (χ4n) is 3.82. The highest BCUT2D eigenvalue weighted by Gasteiger charge is 2.15. The maximum Gasteiger partial charge on any atom is 0.328 e. The third-order valence-corrected chi connectivity index (χ3v) is 5.81. The smallest absolute Gasteiger partial charge is 0.296 e. The van der Waals surface area contributed by atoms with Gasteiger partial charge in [-0.3, -0.25) is 9.13 Å². The highest BCUT2D eigenvalue weighted by Crippen LogP contribution is 2.29. The Balaban J connectivity index is 1.64. The van der Waals surface area contributed by atoms with Crippen LogP contribution in [0.15, 0.2) is 59.5 Å². The average Bonchev–Trinajstić information content (AvgIpc) is 3.47. The number of imidazole rings is 1. The molecule has 1 unspecified atom stereocenters. The largest absolute Gasteiger partial charge is 0.328 e. The lowest BCUT2D eigenvalue weighted by Gasteiger charge is -2.10. The van der Waals surface area contributed by atoms with E-state index in [-0.39, 0.29) is 11.7 Å². The third-order valence-electron chi connectivity index (χ3n) is 5.81. The zero-order valence-electron chi connectivity index (χ0n) is 18.3. The van der Waals surface area contributed by atoms with Crippen LogP contribution >= 0.6 is 0 Å². The minimum absolute atomic E-state index is 0.0126. The highest BCUT2D eigenvalue weighted by atomic mass is 16.1. The summed E-state index contributed by atoms with van der Waals surface area (Å²) in [6, 6.07) is 16.4. The van der Waals surface area contributed by atoms with Gasteiger partial charge in [0.15, 0.2) is 5.82 Å². The van der Waals surface area contributed by atoms with E-state index < -0.39 is 0 Å². The van der Waals surface area contributed by atoms with Gasteiger partial charge in [-0.2, -0.15) is 0 Å². The number of rotatable bonds is 8. The van der Waals surface area contributed by atoms with Gasteiger partial charge in [0.25, 0.3) is 0 Å². The molecule has 0 aliphatic rings. The standard InChI is InChI=1S/C25H26N6O/c1-4-6-9-21-17-30(18(3)5-2)25(32)31(21)16-19-12-14-20(15-13-19)22-10-7-8-11-23(22)24-26-28-29-27-24/h1,7-8,10-15,17-18H,5-6,9,16H2,2-3H3,(H,26,27,28,29). The van der Waals surface area contributed by atoms with E-state index >= 15 is 0 Å². The van der Waals surface area contributed by atoms with Crippen molar-refractivity contribution in [2.75, 3.05) is 0 Å². The number of H-pyrrole nitrogens is 1. The fourth-order valence-corrected chi connectivity index (χ4v) is 3.82. The zero-order valence-corrected chi connectivity index (χ0v) is 18.3. The van der Waals surface area contributed by atoms with Gasteiger partial charge in [0.05, 0.1) is 6.54 Å². The molecule has 162 valence electrons. The Morgan fingerprint density at radius 3 is 2.53 bits per heavy atom. The summed E-state index contributed by atoms with van der Waals surface area (Å²) >= 11 is 0. The first-order chi connectivity index (χ1) is 15.6. The molecule has 0 bridgehead atoms. The van der Waals surface area contributed by atoms with Crippen molar-refractivity contribution in [3.63, 3.8) is 0 Å². The monoisotopic (exact) mass is 426 g/mol. The summed E-state index contributed by atoms with van der Waals surface area (Å²) in [6.45, 7) is 4.66. The maximum absolute atomic E-state index is 13.1. The highest BCUT2D eigenvalue weighted by molar-refractivity contribution is 5.80. The molecule has 4 rings (SSSR count). The van der Waals surface area contributed by atoms with Crippen molar-refractivity contribution in [2.45, 2.75) is 45.7 Å². The molecule has 0 aliphatic carbocycles. The molecule has 2 aromatic carbocycles. The van der Waals surface area contributed by atoms with Crippen LogP contribution in [-0.4, -0.2) is 29.8 Å². The average molecular weight is 427 g/mol. The molecule has 2 heterocycles. The Hall–Kier alpha value is -3.92. The summed E-state index contributed by atoms with van der Waals surface area (Å²) in [7, 11) is 0. The summed E-state index contributed by atoms with van der Waals surface area (Å²) in [4.78, 5) is 13.1. The van der Waals surface area contributed by atoms with Crippen molar-refractivity contribution in [1.29, 1.82) is 0 Å². The zero-order chi connectivity index (χ0) is 22.5. The molecule has 1 atom stereocenters. The summed E-state index contributed by atoms with van der Waals surface area (Å²) in [5, 5.41) is 14.2. The number of nitrogens with zero attached hydrogens (tertiary/aromatic N) is 5. The van der Waals surface area contributed by atoms with Crippen molar-refractivity contribution in [3.8, 4) is 34.9 Å². The number of aryl methyl sites for hydroxylation is 1. The number of benzene rings is 2. The van der Waals surface area contributed by atoms with Crippen LogP contribution in [0, 0.1) is 12.3 Å². The summed E-state index contributed by atoms with van der Waals surface area (Å²) in [5.74, 6) is 3.31. The van der Waals surface area contributed by atoms with Crippen LogP contribution < -0.4 is 5.69 Å². The lowest BCUT2D eigenvalue weighted by molar-refractivity contribution is 0.504. The van der Waals surface area contributed by atoms with Crippen molar-refractivity contribution >= 4 is 0 Å². The molecule has 0 fully saturated rings. The van der Waals surface area contributed by atoms with Gasteiger partial charge in [-0.1, -0.05) is 55.5 Å². The molecule has 0 amide bonds. The van der Waals surface area contributed by atoms with Gasteiger partial charge in [0.2, 0.25) is 0 Å². The first-order valence-corrected chi connectivity index (χ1v) is 10.8. The fraction of sp³-hybridized carbons (Fsp3) is 0.280. The number of tetrazole rings is 1. The van der Waals surface area contributed by atoms with Crippen molar-refractivity contribution in [2.24, 2.45) is 0 Å². The van der Waals surface area contributed by atoms with E-state index in [1.54, 1.807) is 0 Å². The van der Waals surface area contributed by atoms with E-state index in [1.807, 2.05) is 39.6 Å². The minimum atomic E-state index is 0.0126. The predicted molar refractivity (Wildman–Crippen MR) is 125 cm³/mol. The number of hydrogen-bond acceptors (Lipinski definition) is 4. The second-order valence-electron chi connectivity index (χ2n) is 7.85. The van der Waals surface area contributed by atoms with Crippen LogP contribution in [0.25, 0.3) is 22.5 Å². The number of aromatic amines is 1. The number of hydrogen-bond donors (Lipinski definition) is 1. The van der Waals surface area contributed by atoms with Gasteiger partial charge in [-0.15, -0.1) is 17.4 Å². The molecule has 0 radical (unpaired) electrons. The molecule has 2 aromatic heterocycles. The van der Waals surface area contributed by atoms with Crippen molar-refractivity contribution < 1.29 is 0 Å². The molecule has 0 saturated heterocycles. The van der Waals surface area contributed by atoms with E-state index in [0.717, 1.165) is 34.4 Å². The molecule has 0 saturated carbocycles. The van der Waals surface area contributed by atoms with Gasteiger partial charge in [-0.05, 0) is 40.5 Å². The molecule has 1 N–H and O–H groups in total. The molecule has 0 spiro atoms. The summed E-state index contributed by atoms with van der Waals surface area (Å²) in [6.07, 6.45) is 9.62. The molecule has 7 heteroatoms. The van der Waals surface area contributed by atoms with Gasteiger partial charge in [0, 0.05) is 36.3 Å². The van der Waals surface area contributed by atoms with E-state index in [2.05, 4.69) is 64.7 Å². The Morgan fingerprint density at radius 2 is 1.88 bits per heavy atom. The lowest BCUT2D eigenvalue weighted by Crippen LogP contribution is -2.27. The Morgan fingerprint density at radius 1 is 1.12 bits per heavy atom. The lowest BCUT2D eigenvalue weighted by atomic mass is 9.98. The number of aromatic nitrogens is 6. The second-order valence-corrected chi connectivity index (χ2v) is 7.85. The van der Waals surface area contributed by atoms with Crippen LogP contribution in [0.1, 0.15) is 44.0 Å². The molecule has 0 aliphatic heterocycles. The van der Waals surface area contributed by atoms with Crippen LogP contribution in [0.4, 0.5) is 0 Å². The van der Waals surface area contributed by atoms with E-state index in [1.165, 1.54) is 0 Å². The first-order valence-electron chi connectivity index (χ1n) is 10.8. The SMILES string of the molecule is C#CCCc1cn(C(C)CC)c(=O)n1Cc1ccc(-c2ccccc2-c2nnn[nH]2)cc1. The van der Waals surface area contributed by atoms with Gasteiger partial charge >= 0.3 is 5.69 Å². The van der Waals surface area contributed by atoms with Crippen molar-refractivity contribution in [1.82, 2.24) is 29.8 Å². The van der Waals surface area contributed by atoms with Crippen LogP contribution in [0.2, 0.25) is 0 Å². The predicted octanol–water partition coefficient (Wildman–Crippen LogP) is 4.08. The van der Waals surface area contributed by atoms with Crippen LogP contribution in [0.3, 0.4) is 0 Å². The molecule has 4 aromatic rings. The minimum Gasteiger partial charge on any atom is -0.296 e. The van der Waals surface area contributed by atoms with Crippen LogP contribution in [-0.2, 0) is 13.0 Å². The maximum atomic E-state index is 13.1. The topological polar surface area (TPSA) is 81.4 Å². The quantitative estimate of drug-likeness (QED) is 0.431. The van der Waals surface area contributed by atoms with Gasteiger partial charge in [0.1, 0.15) is 0 Å². The molecular formula is C25H26N6O. The van der Waals surface area contributed by atoms with Crippen LogP contribution in [0.5, 0.6) is 0 Å². The molecular weight excluding hydrogens is 400 g/mol. The molecule has 32 heavy (non-hydrogen) atoms. The molecule has 7 nitrogen and oxygen atoms in total. The third kappa shape index (κ3) is 4.26. The summed E-state index contributed by atoms with van der Waals surface area (Å²) < 4.78 is 3.66. The van der Waals surface area contributed by atoms with Crippen molar-refractivity contribution in [3.05, 3.63) is 76.5 Å². The summed E-state index contributed by atoms with van der Waals surface area (Å²) in [5.41, 5.74) is 5.06. The first kappa shape index (κ1) is 21.3. The van der Waals surface area contributed by atoms with E-state index in [4.69, 9.17) is 6.42 Å². The number of nitrogens with one attached hydrogen (secondary N) is 1. The van der Waals surface area contributed by atoms with Gasteiger partial charge in [-0.25, -0.2) is 9.89 Å². The normalized spacial score (nSPS) is 11.9. The van der Waals surface area contributed by atoms with Gasteiger partial charge < -0.3 is 0 Å². The Labute approximate surface area is 187 Å². The Kier molecular flexibility index (Phi) is 6.31.